The number of aromatic nitrogens is 1. The summed E-state index contributed by atoms with van der Waals surface area (Å²) >= 11 is 3.37. The normalized spacial score (nSPS) is 12.4. The number of rotatable bonds is 4. The van der Waals surface area contributed by atoms with Crippen LogP contribution in [0.3, 0.4) is 0 Å². The molecule has 1 aromatic heterocycles. The van der Waals surface area contributed by atoms with Crippen LogP contribution in [0.25, 0.3) is 0 Å². The average molecular weight is 323 g/mol. The molecule has 0 aliphatic carbocycles. The molecule has 0 aliphatic rings. The van der Waals surface area contributed by atoms with Crippen molar-refractivity contribution >= 4 is 15.9 Å². The summed E-state index contributed by atoms with van der Waals surface area (Å²) in [7, 11) is 0. The minimum Gasteiger partial charge on any atom is -0.322 e. The van der Waals surface area contributed by atoms with Gasteiger partial charge in [-0.1, -0.05) is 35.0 Å². The number of benzene rings is 1. The Balaban J connectivity index is 2.23. The van der Waals surface area contributed by atoms with Gasteiger partial charge in [-0.05, 0) is 42.2 Å². The molecule has 0 fully saturated rings. The second-order valence-corrected chi connectivity index (χ2v) is 5.30. The first-order valence-corrected chi connectivity index (χ1v) is 7.04. The Morgan fingerprint density at radius 3 is 2.79 bits per heavy atom. The first-order valence-electron chi connectivity index (χ1n) is 6.25. The van der Waals surface area contributed by atoms with Crippen LogP contribution in [0.4, 0.5) is 4.39 Å². The molecule has 2 aromatic rings. The molecule has 1 heterocycles. The van der Waals surface area contributed by atoms with Crippen LogP contribution in [-0.4, -0.2) is 4.98 Å². The van der Waals surface area contributed by atoms with E-state index in [-0.39, 0.29) is 11.9 Å². The van der Waals surface area contributed by atoms with Crippen LogP contribution in [0, 0.1) is 5.82 Å². The number of hydrogen-bond donors (Lipinski definition) is 1. The van der Waals surface area contributed by atoms with Gasteiger partial charge < -0.3 is 5.73 Å². The number of aryl methyl sites for hydroxylation is 1. The van der Waals surface area contributed by atoms with Gasteiger partial charge in [0.1, 0.15) is 5.82 Å². The highest BCUT2D eigenvalue weighted by Gasteiger charge is 2.14. The predicted molar refractivity (Wildman–Crippen MR) is 78.3 cm³/mol. The molecule has 1 unspecified atom stereocenters. The Labute approximate surface area is 121 Å². The highest BCUT2D eigenvalue weighted by molar-refractivity contribution is 9.10. The Hall–Kier alpha value is -1.26. The molecule has 0 bridgehead atoms. The lowest BCUT2D eigenvalue weighted by atomic mass is 9.99. The van der Waals surface area contributed by atoms with E-state index in [1.54, 1.807) is 12.3 Å². The lowest BCUT2D eigenvalue weighted by Gasteiger charge is -2.15. The third kappa shape index (κ3) is 3.39. The maximum atomic E-state index is 13.1. The van der Waals surface area contributed by atoms with Gasteiger partial charge in [0.2, 0.25) is 0 Å². The van der Waals surface area contributed by atoms with Gasteiger partial charge in [-0.15, -0.1) is 0 Å². The summed E-state index contributed by atoms with van der Waals surface area (Å²) in [6, 6.07) is 8.45. The molecular weight excluding hydrogens is 307 g/mol. The molecule has 2 N–H and O–H groups in total. The first kappa shape index (κ1) is 14.2. The van der Waals surface area contributed by atoms with Gasteiger partial charge in [0, 0.05) is 10.7 Å². The van der Waals surface area contributed by atoms with E-state index in [2.05, 4.69) is 27.8 Å². The molecule has 0 spiro atoms. The molecule has 1 aromatic carbocycles. The molecule has 0 amide bonds. The van der Waals surface area contributed by atoms with E-state index in [9.17, 15) is 4.39 Å². The number of hydrogen-bond acceptors (Lipinski definition) is 2. The summed E-state index contributed by atoms with van der Waals surface area (Å²) in [5, 5.41) is 0. The Bertz CT molecular complexity index is 572. The zero-order valence-corrected chi connectivity index (χ0v) is 12.3. The molecule has 0 saturated carbocycles. The van der Waals surface area contributed by atoms with Crippen LogP contribution >= 0.6 is 15.9 Å². The van der Waals surface area contributed by atoms with Crippen molar-refractivity contribution in [2.45, 2.75) is 25.8 Å². The van der Waals surface area contributed by atoms with Gasteiger partial charge in [0.25, 0.3) is 0 Å². The summed E-state index contributed by atoms with van der Waals surface area (Å²) in [6.07, 6.45) is 3.29. The van der Waals surface area contributed by atoms with Crippen molar-refractivity contribution < 1.29 is 4.39 Å². The SMILES string of the molecule is CCc1cccnc1C(N)Cc1ccc(F)cc1Br. The highest BCUT2D eigenvalue weighted by Crippen LogP contribution is 2.24. The smallest absolute Gasteiger partial charge is 0.124 e. The van der Waals surface area contributed by atoms with Gasteiger partial charge in [0.15, 0.2) is 0 Å². The Morgan fingerprint density at radius 2 is 2.11 bits per heavy atom. The summed E-state index contributed by atoms with van der Waals surface area (Å²) in [4.78, 5) is 4.38. The topological polar surface area (TPSA) is 38.9 Å². The van der Waals surface area contributed by atoms with Crippen LogP contribution in [-0.2, 0) is 12.8 Å². The largest absolute Gasteiger partial charge is 0.322 e. The van der Waals surface area contributed by atoms with Crippen molar-refractivity contribution in [3.8, 4) is 0 Å². The molecule has 1 atom stereocenters. The molecule has 0 saturated heterocycles. The summed E-state index contributed by atoms with van der Waals surface area (Å²) in [6.45, 7) is 2.08. The second-order valence-electron chi connectivity index (χ2n) is 4.45. The summed E-state index contributed by atoms with van der Waals surface area (Å²) in [5.41, 5.74) is 9.30. The van der Waals surface area contributed by atoms with Crippen molar-refractivity contribution in [3.05, 3.63) is 63.6 Å². The molecule has 0 aliphatic heterocycles. The molecule has 100 valence electrons. The van der Waals surface area contributed by atoms with Crippen molar-refractivity contribution in [1.29, 1.82) is 0 Å². The number of nitrogens with zero attached hydrogens (tertiary/aromatic N) is 1. The van der Waals surface area contributed by atoms with Gasteiger partial charge in [0.05, 0.1) is 11.7 Å². The molecule has 2 nitrogen and oxygen atoms in total. The van der Waals surface area contributed by atoms with E-state index in [0.29, 0.717) is 6.42 Å². The monoisotopic (exact) mass is 322 g/mol. The zero-order valence-electron chi connectivity index (χ0n) is 10.7. The zero-order chi connectivity index (χ0) is 13.8. The number of pyridine rings is 1. The predicted octanol–water partition coefficient (Wildman–Crippen LogP) is 3.79. The van der Waals surface area contributed by atoms with Crippen LogP contribution in [0.2, 0.25) is 0 Å². The van der Waals surface area contributed by atoms with Crippen LogP contribution in [0.5, 0.6) is 0 Å². The minimum absolute atomic E-state index is 0.182. The lowest BCUT2D eigenvalue weighted by Crippen LogP contribution is -2.17. The van der Waals surface area contributed by atoms with Crippen molar-refractivity contribution in [1.82, 2.24) is 4.98 Å². The van der Waals surface area contributed by atoms with Gasteiger partial charge in [-0.2, -0.15) is 0 Å². The van der Waals surface area contributed by atoms with Crippen molar-refractivity contribution in [2.24, 2.45) is 5.73 Å². The van der Waals surface area contributed by atoms with Gasteiger partial charge in [-0.3, -0.25) is 4.98 Å². The fraction of sp³-hybridized carbons (Fsp3) is 0.267. The second kappa shape index (κ2) is 6.26. The quantitative estimate of drug-likeness (QED) is 0.930. The number of nitrogens with two attached hydrogens (primary N) is 1. The van der Waals surface area contributed by atoms with Gasteiger partial charge in [-0.25, -0.2) is 4.39 Å². The maximum Gasteiger partial charge on any atom is 0.124 e. The van der Waals surface area contributed by atoms with E-state index in [0.717, 1.165) is 27.7 Å². The van der Waals surface area contributed by atoms with E-state index in [1.165, 1.54) is 12.1 Å². The summed E-state index contributed by atoms with van der Waals surface area (Å²) < 4.78 is 13.8. The minimum atomic E-state index is -0.253. The van der Waals surface area contributed by atoms with Crippen molar-refractivity contribution in [2.75, 3.05) is 0 Å². The molecule has 2 rings (SSSR count). The molecule has 19 heavy (non-hydrogen) atoms. The lowest BCUT2D eigenvalue weighted by molar-refractivity contribution is 0.623. The fourth-order valence-electron chi connectivity index (χ4n) is 2.10. The fourth-order valence-corrected chi connectivity index (χ4v) is 2.62. The molecular formula is C15H16BrFN2. The summed E-state index contributed by atoms with van der Waals surface area (Å²) in [5.74, 6) is -0.253. The van der Waals surface area contributed by atoms with Crippen LogP contribution in [0.15, 0.2) is 41.0 Å². The van der Waals surface area contributed by atoms with Crippen LogP contribution < -0.4 is 5.73 Å². The van der Waals surface area contributed by atoms with E-state index in [1.807, 2.05) is 12.1 Å². The number of halogens is 2. The highest BCUT2D eigenvalue weighted by atomic mass is 79.9. The maximum absolute atomic E-state index is 13.1. The molecule has 0 radical (unpaired) electrons. The standard InChI is InChI=1S/C15H16BrFN2/c1-2-10-4-3-7-19-15(10)14(18)8-11-5-6-12(17)9-13(11)16/h3-7,9,14H,2,8,18H2,1H3. The average Bonchev–Trinajstić information content (AvgIpc) is 2.41. The van der Waals surface area contributed by atoms with E-state index in [4.69, 9.17) is 5.73 Å². The van der Waals surface area contributed by atoms with Crippen LogP contribution in [0.1, 0.15) is 29.8 Å². The third-order valence-electron chi connectivity index (χ3n) is 3.11. The Morgan fingerprint density at radius 1 is 1.32 bits per heavy atom. The molecule has 4 heteroatoms. The van der Waals surface area contributed by atoms with E-state index < -0.39 is 0 Å². The van der Waals surface area contributed by atoms with Gasteiger partial charge >= 0.3 is 0 Å². The Kier molecular flexibility index (Phi) is 4.66. The third-order valence-corrected chi connectivity index (χ3v) is 3.85. The van der Waals surface area contributed by atoms with Crippen molar-refractivity contribution in [3.63, 3.8) is 0 Å². The first-order chi connectivity index (χ1) is 9.11. The van der Waals surface area contributed by atoms with E-state index >= 15 is 0 Å².